The van der Waals surface area contributed by atoms with E-state index in [9.17, 15) is 14.9 Å². The van der Waals surface area contributed by atoms with E-state index >= 15 is 0 Å². The van der Waals surface area contributed by atoms with Gasteiger partial charge in [0.2, 0.25) is 0 Å². The van der Waals surface area contributed by atoms with Crippen LogP contribution in [0, 0.1) is 20.2 Å². The van der Waals surface area contributed by atoms with Gasteiger partial charge in [0.15, 0.2) is 7.05 Å². The maximum Gasteiger partial charge on any atom is 0.270 e. The Morgan fingerprint density at radius 1 is 1.03 bits per heavy atom. The summed E-state index contributed by atoms with van der Waals surface area (Å²) < 4.78 is 0. The molecule has 9 nitrogen and oxygen atoms in total. The number of nitro groups is 2. The number of carbonyl (C=O) groups is 1. The van der Waals surface area contributed by atoms with E-state index in [1.807, 2.05) is 30.3 Å². The van der Waals surface area contributed by atoms with Gasteiger partial charge in [0, 0.05) is 41.6 Å². The first-order valence-electron chi connectivity index (χ1n) is 9.49. The SMILES string of the molecule is C[N+](=O)[O-].O=C(c1cccc([N+](=O)[O-])c1)N1CCc2ccccc2C1c1ccncc1. The van der Waals surface area contributed by atoms with Gasteiger partial charge in [-0.25, -0.2) is 0 Å². The van der Waals surface area contributed by atoms with Crippen molar-refractivity contribution in [2.75, 3.05) is 13.6 Å². The van der Waals surface area contributed by atoms with Crippen molar-refractivity contribution >= 4 is 11.6 Å². The molecule has 1 aliphatic rings. The highest BCUT2D eigenvalue weighted by atomic mass is 16.6. The lowest BCUT2D eigenvalue weighted by atomic mass is 9.88. The van der Waals surface area contributed by atoms with Gasteiger partial charge in [-0.1, -0.05) is 30.3 Å². The minimum Gasteiger partial charge on any atom is -0.327 e. The van der Waals surface area contributed by atoms with E-state index in [4.69, 9.17) is 10.1 Å². The molecule has 0 saturated heterocycles. The molecule has 0 N–H and O–H groups in total. The molecule has 2 heterocycles. The molecule has 1 amide bonds. The van der Waals surface area contributed by atoms with Gasteiger partial charge < -0.3 is 4.90 Å². The van der Waals surface area contributed by atoms with Crippen LogP contribution in [0.1, 0.15) is 33.1 Å². The van der Waals surface area contributed by atoms with Gasteiger partial charge in [-0.15, -0.1) is 0 Å². The molecule has 31 heavy (non-hydrogen) atoms. The van der Waals surface area contributed by atoms with Gasteiger partial charge in [-0.2, -0.15) is 0 Å². The Kier molecular flexibility index (Phi) is 6.66. The highest BCUT2D eigenvalue weighted by molar-refractivity contribution is 5.95. The second kappa shape index (κ2) is 9.57. The van der Waals surface area contributed by atoms with Crippen molar-refractivity contribution in [3.8, 4) is 0 Å². The third-order valence-corrected chi connectivity index (χ3v) is 4.87. The average Bonchev–Trinajstić information content (AvgIpc) is 2.78. The van der Waals surface area contributed by atoms with E-state index in [0.29, 0.717) is 12.1 Å². The lowest BCUT2D eigenvalue weighted by Gasteiger charge is -2.37. The lowest BCUT2D eigenvalue weighted by Crippen LogP contribution is -2.40. The standard InChI is InChI=1S/C21H17N3O3.CH3NO2/c25-21(17-5-3-6-18(14-17)24(26)27)23-13-10-15-4-1-2-7-19(15)20(23)16-8-11-22-12-9-16;1-2(3)4/h1-9,11-12,14,20H,10,13H2;1H3. The van der Waals surface area contributed by atoms with Crippen LogP contribution in [0.15, 0.2) is 73.1 Å². The Morgan fingerprint density at radius 2 is 1.71 bits per heavy atom. The van der Waals surface area contributed by atoms with Gasteiger partial charge in [-0.05, 0) is 41.3 Å². The first-order chi connectivity index (χ1) is 14.9. The number of fused-ring (bicyclic) bond motifs is 1. The molecule has 0 fully saturated rings. The van der Waals surface area contributed by atoms with Gasteiger partial charge in [0.1, 0.15) is 0 Å². The molecule has 1 atom stereocenters. The van der Waals surface area contributed by atoms with E-state index in [2.05, 4.69) is 11.1 Å². The third-order valence-electron chi connectivity index (χ3n) is 4.87. The molecule has 2 aromatic carbocycles. The summed E-state index contributed by atoms with van der Waals surface area (Å²) in [4.78, 5) is 38.0. The number of rotatable bonds is 3. The number of nitro benzene ring substituents is 1. The van der Waals surface area contributed by atoms with Crippen molar-refractivity contribution < 1.29 is 14.6 Å². The second-order valence-corrected chi connectivity index (χ2v) is 6.88. The van der Waals surface area contributed by atoms with Crippen LogP contribution in [-0.4, -0.2) is 39.2 Å². The van der Waals surface area contributed by atoms with Gasteiger partial charge in [0.05, 0.1) is 11.0 Å². The normalized spacial score (nSPS) is 14.6. The molecule has 1 unspecified atom stereocenters. The first-order valence-corrected chi connectivity index (χ1v) is 9.49. The number of pyridine rings is 1. The molecule has 4 rings (SSSR count). The highest BCUT2D eigenvalue weighted by Crippen LogP contribution is 2.36. The predicted molar refractivity (Wildman–Crippen MR) is 113 cm³/mol. The summed E-state index contributed by atoms with van der Waals surface area (Å²) in [5, 5.41) is 19.9. The van der Waals surface area contributed by atoms with Crippen LogP contribution in [0.5, 0.6) is 0 Å². The Hall–Kier alpha value is -4.14. The molecule has 9 heteroatoms. The van der Waals surface area contributed by atoms with E-state index in [1.54, 1.807) is 29.4 Å². The van der Waals surface area contributed by atoms with Crippen LogP contribution < -0.4 is 0 Å². The van der Waals surface area contributed by atoms with E-state index in [0.717, 1.165) is 24.6 Å². The second-order valence-electron chi connectivity index (χ2n) is 6.88. The van der Waals surface area contributed by atoms with Crippen molar-refractivity contribution in [3.05, 3.63) is 116 Å². The molecule has 1 aromatic heterocycles. The van der Waals surface area contributed by atoms with Crippen LogP contribution in [0.3, 0.4) is 0 Å². The predicted octanol–water partition coefficient (Wildman–Crippen LogP) is 3.67. The number of amides is 1. The summed E-state index contributed by atoms with van der Waals surface area (Å²) >= 11 is 0. The van der Waals surface area contributed by atoms with Gasteiger partial charge in [0.25, 0.3) is 11.6 Å². The number of carbonyl (C=O) groups excluding carboxylic acids is 1. The van der Waals surface area contributed by atoms with Crippen molar-refractivity contribution in [2.45, 2.75) is 12.5 Å². The minimum atomic E-state index is -0.500. The quantitative estimate of drug-likeness (QED) is 0.471. The maximum absolute atomic E-state index is 13.3. The van der Waals surface area contributed by atoms with Crippen LogP contribution >= 0.6 is 0 Å². The lowest BCUT2D eigenvalue weighted by molar-refractivity contribution is -0.445. The van der Waals surface area contributed by atoms with Crippen molar-refractivity contribution in [3.63, 3.8) is 0 Å². The zero-order valence-corrected chi connectivity index (χ0v) is 16.7. The monoisotopic (exact) mass is 420 g/mol. The van der Waals surface area contributed by atoms with Crippen LogP contribution in [-0.2, 0) is 6.42 Å². The minimum absolute atomic E-state index is 0.0845. The highest BCUT2D eigenvalue weighted by Gasteiger charge is 2.32. The molecule has 0 saturated carbocycles. The summed E-state index contributed by atoms with van der Waals surface area (Å²) in [6, 6.07) is 17.5. The Morgan fingerprint density at radius 3 is 2.39 bits per heavy atom. The molecule has 0 radical (unpaired) electrons. The fourth-order valence-corrected chi connectivity index (χ4v) is 3.61. The summed E-state index contributed by atoms with van der Waals surface area (Å²) in [6.07, 6.45) is 4.17. The molecule has 0 aliphatic carbocycles. The van der Waals surface area contributed by atoms with E-state index < -0.39 is 9.85 Å². The third kappa shape index (κ3) is 5.08. The molecule has 158 valence electrons. The number of aromatic nitrogens is 1. The largest absolute Gasteiger partial charge is 0.327 e. The van der Waals surface area contributed by atoms with Crippen molar-refractivity contribution in [1.82, 2.24) is 9.88 Å². The number of hydrogen-bond acceptors (Lipinski definition) is 6. The molecule has 0 bridgehead atoms. The zero-order chi connectivity index (χ0) is 22.4. The molecule has 0 spiro atoms. The maximum atomic E-state index is 13.3. The first kappa shape index (κ1) is 21.6. The van der Waals surface area contributed by atoms with Crippen molar-refractivity contribution in [1.29, 1.82) is 0 Å². The zero-order valence-electron chi connectivity index (χ0n) is 16.7. The van der Waals surface area contributed by atoms with E-state index in [-0.39, 0.29) is 17.6 Å². The number of nitrogens with zero attached hydrogens (tertiary/aromatic N) is 4. The Labute approximate surface area is 178 Å². The number of non-ortho nitro benzene ring substituents is 1. The fraction of sp³-hybridized carbons (Fsp3) is 0.182. The summed E-state index contributed by atoms with van der Waals surface area (Å²) in [6.45, 7) is 0.547. The number of hydrogen-bond donors (Lipinski definition) is 0. The van der Waals surface area contributed by atoms with E-state index in [1.165, 1.54) is 17.7 Å². The number of benzene rings is 2. The fourth-order valence-electron chi connectivity index (χ4n) is 3.61. The Balaban J connectivity index is 0.000000628. The van der Waals surface area contributed by atoms with Crippen molar-refractivity contribution in [2.24, 2.45) is 0 Å². The average molecular weight is 420 g/mol. The summed E-state index contributed by atoms with van der Waals surface area (Å²) in [7, 11) is 0.889. The van der Waals surface area contributed by atoms with Gasteiger partial charge in [-0.3, -0.25) is 30.0 Å². The molecule has 1 aliphatic heterocycles. The topological polar surface area (TPSA) is 119 Å². The molecular weight excluding hydrogens is 400 g/mol. The van der Waals surface area contributed by atoms with Crippen LogP contribution in [0.25, 0.3) is 0 Å². The summed E-state index contributed by atoms with van der Waals surface area (Å²) in [5.41, 5.74) is 3.49. The van der Waals surface area contributed by atoms with Crippen LogP contribution in [0.4, 0.5) is 5.69 Å². The molecule has 3 aromatic rings. The Bertz CT molecular complexity index is 1100. The summed E-state index contributed by atoms with van der Waals surface area (Å²) in [5.74, 6) is -0.213. The van der Waals surface area contributed by atoms with Crippen LogP contribution in [0.2, 0.25) is 0 Å². The molecular formula is C22H20N4O5. The smallest absolute Gasteiger partial charge is 0.270 e. The van der Waals surface area contributed by atoms with Gasteiger partial charge >= 0.3 is 0 Å².